The number of hydrogen-bond donors (Lipinski definition) is 1. The van der Waals surface area contributed by atoms with Crippen molar-refractivity contribution in [1.82, 2.24) is 9.36 Å². The smallest absolute Gasteiger partial charge is 0.202 e. The van der Waals surface area contributed by atoms with Gasteiger partial charge in [-0.2, -0.15) is 4.37 Å². The Morgan fingerprint density at radius 2 is 2.28 bits per heavy atom. The molecule has 0 unspecified atom stereocenters. The number of nitrogens with one attached hydrogen (secondary N) is 1. The zero-order chi connectivity index (χ0) is 12.5. The molecule has 0 saturated heterocycles. The van der Waals surface area contributed by atoms with Crippen LogP contribution in [-0.2, 0) is 6.54 Å². The summed E-state index contributed by atoms with van der Waals surface area (Å²) in [5.41, 5.74) is 0.626. The Morgan fingerprint density at radius 1 is 1.44 bits per heavy atom. The van der Waals surface area contributed by atoms with E-state index < -0.39 is 0 Å². The number of hydrogen-bond acceptors (Lipinski definition) is 4. The third-order valence-corrected chi connectivity index (χ3v) is 4.01. The lowest BCUT2D eigenvalue weighted by Gasteiger charge is -2.04. The van der Waals surface area contributed by atoms with Crippen molar-refractivity contribution in [3.63, 3.8) is 0 Å². The van der Waals surface area contributed by atoms with Gasteiger partial charge in [0.2, 0.25) is 5.13 Å². The van der Waals surface area contributed by atoms with Crippen LogP contribution in [-0.4, -0.2) is 9.36 Å². The van der Waals surface area contributed by atoms with Gasteiger partial charge in [0.05, 0.1) is 0 Å². The molecule has 1 saturated carbocycles. The number of benzene rings is 1. The summed E-state index contributed by atoms with van der Waals surface area (Å²) in [6.07, 6.45) is 2.38. The predicted octanol–water partition coefficient (Wildman–Crippen LogP) is 3.93. The van der Waals surface area contributed by atoms with E-state index in [4.69, 9.17) is 0 Å². The minimum atomic E-state index is -0.219. The molecule has 0 spiro atoms. The van der Waals surface area contributed by atoms with E-state index in [1.807, 2.05) is 6.07 Å². The summed E-state index contributed by atoms with van der Waals surface area (Å²) in [6, 6.07) is 5.05. The van der Waals surface area contributed by atoms with Crippen molar-refractivity contribution >= 4 is 32.6 Å². The molecule has 6 heteroatoms. The molecular formula is C12H11BrFN3S. The van der Waals surface area contributed by atoms with E-state index in [-0.39, 0.29) is 5.82 Å². The van der Waals surface area contributed by atoms with Crippen LogP contribution in [0.5, 0.6) is 0 Å². The topological polar surface area (TPSA) is 37.8 Å². The Hall–Kier alpha value is -1.01. The van der Waals surface area contributed by atoms with Crippen LogP contribution in [0.2, 0.25) is 0 Å². The van der Waals surface area contributed by atoms with E-state index in [0.717, 1.165) is 15.4 Å². The minimum Gasteiger partial charge on any atom is -0.356 e. The molecule has 0 atom stereocenters. The summed E-state index contributed by atoms with van der Waals surface area (Å²) in [5.74, 6) is 1.27. The molecule has 18 heavy (non-hydrogen) atoms. The predicted molar refractivity (Wildman–Crippen MR) is 73.3 cm³/mol. The molecule has 1 heterocycles. The maximum atomic E-state index is 13.6. The Labute approximate surface area is 117 Å². The highest BCUT2D eigenvalue weighted by atomic mass is 79.9. The lowest BCUT2D eigenvalue weighted by atomic mass is 10.2. The summed E-state index contributed by atoms with van der Waals surface area (Å²) in [4.78, 5) is 4.40. The maximum Gasteiger partial charge on any atom is 0.202 e. The molecule has 94 valence electrons. The Kier molecular flexibility index (Phi) is 3.30. The standard InChI is InChI=1S/C12H11BrFN3S/c13-9-4-3-8(10(14)5-9)6-15-12-16-11(17-18-12)7-1-2-7/h3-5,7H,1-2,6H2,(H,15,16,17). The largest absolute Gasteiger partial charge is 0.356 e. The van der Waals surface area contributed by atoms with Crippen LogP contribution in [0.4, 0.5) is 9.52 Å². The summed E-state index contributed by atoms with van der Waals surface area (Å²) in [6.45, 7) is 0.429. The fraction of sp³-hybridized carbons (Fsp3) is 0.333. The summed E-state index contributed by atoms with van der Waals surface area (Å²) in [7, 11) is 0. The molecule has 0 bridgehead atoms. The van der Waals surface area contributed by atoms with Crippen LogP contribution in [0.15, 0.2) is 22.7 Å². The molecule has 1 N–H and O–H groups in total. The van der Waals surface area contributed by atoms with Crippen LogP contribution < -0.4 is 5.32 Å². The molecule has 1 aliphatic carbocycles. The average Bonchev–Trinajstić information content (AvgIpc) is 3.08. The third-order valence-electron chi connectivity index (χ3n) is 2.83. The normalized spacial score (nSPS) is 14.8. The van der Waals surface area contributed by atoms with E-state index in [1.54, 1.807) is 6.07 Å². The second-order valence-electron chi connectivity index (χ2n) is 4.32. The summed E-state index contributed by atoms with van der Waals surface area (Å²) < 4.78 is 18.6. The molecule has 1 aromatic carbocycles. The quantitative estimate of drug-likeness (QED) is 0.924. The van der Waals surface area contributed by atoms with Gasteiger partial charge >= 0.3 is 0 Å². The monoisotopic (exact) mass is 327 g/mol. The lowest BCUT2D eigenvalue weighted by Crippen LogP contribution is -2.01. The van der Waals surface area contributed by atoms with Gasteiger partial charge in [0.15, 0.2) is 0 Å². The summed E-state index contributed by atoms with van der Waals surface area (Å²) in [5, 5.41) is 3.88. The lowest BCUT2D eigenvalue weighted by molar-refractivity contribution is 0.612. The number of rotatable bonds is 4. The fourth-order valence-corrected chi connectivity index (χ4v) is 2.62. The highest BCUT2D eigenvalue weighted by Gasteiger charge is 2.27. The molecule has 3 rings (SSSR count). The first-order valence-electron chi connectivity index (χ1n) is 5.74. The van der Waals surface area contributed by atoms with E-state index in [9.17, 15) is 4.39 Å². The molecule has 1 fully saturated rings. The first kappa shape index (κ1) is 12.0. The average molecular weight is 328 g/mol. The molecule has 0 aliphatic heterocycles. The van der Waals surface area contributed by atoms with Crippen LogP contribution in [0.25, 0.3) is 0 Å². The summed E-state index contributed by atoms with van der Waals surface area (Å²) >= 11 is 4.58. The van der Waals surface area contributed by atoms with E-state index in [1.165, 1.54) is 30.4 Å². The van der Waals surface area contributed by atoms with E-state index in [0.29, 0.717) is 18.0 Å². The van der Waals surface area contributed by atoms with Gasteiger partial charge in [-0.1, -0.05) is 22.0 Å². The fourth-order valence-electron chi connectivity index (χ4n) is 1.65. The zero-order valence-corrected chi connectivity index (χ0v) is 11.9. The highest BCUT2D eigenvalue weighted by molar-refractivity contribution is 9.10. The van der Waals surface area contributed by atoms with Crippen LogP contribution in [0, 0.1) is 5.82 Å². The Balaban J connectivity index is 1.65. The SMILES string of the molecule is Fc1cc(Br)ccc1CNc1nc(C2CC2)ns1. The molecule has 0 radical (unpaired) electrons. The van der Waals surface area contributed by atoms with Crippen molar-refractivity contribution in [1.29, 1.82) is 0 Å². The van der Waals surface area contributed by atoms with Gasteiger partial charge in [-0.15, -0.1) is 0 Å². The van der Waals surface area contributed by atoms with E-state index in [2.05, 4.69) is 30.6 Å². The van der Waals surface area contributed by atoms with Crippen molar-refractivity contribution in [2.45, 2.75) is 25.3 Å². The van der Waals surface area contributed by atoms with Crippen molar-refractivity contribution in [2.24, 2.45) is 0 Å². The molecule has 3 nitrogen and oxygen atoms in total. The van der Waals surface area contributed by atoms with Crippen LogP contribution >= 0.6 is 27.5 Å². The van der Waals surface area contributed by atoms with Crippen LogP contribution in [0.3, 0.4) is 0 Å². The van der Waals surface area contributed by atoms with Gasteiger partial charge < -0.3 is 5.32 Å². The highest BCUT2D eigenvalue weighted by Crippen LogP contribution is 2.39. The number of halogens is 2. The molecule has 0 amide bonds. The van der Waals surface area contributed by atoms with Gasteiger partial charge in [0.25, 0.3) is 0 Å². The number of nitrogens with zero attached hydrogens (tertiary/aromatic N) is 2. The van der Waals surface area contributed by atoms with Gasteiger partial charge in [-0.05, 0) is 25.0 Å². The first-order chi connectivity index (χ1) is 8.72. The third kappa shape index (κ3) is 2.70. The second-order valence-corrected chi connectivity index (χ2v) is 5.99. The second kappa shape index (κ2) is 4.93. The molecule has 2 aromatic rings. The zero-order valence-electron chi connectivity index (χ0n) is 9.49. The van der Waals surface area contributed by atoms with Crippen LogP contribution in [0.1, 0.15) is 30.1 Å². The molecule has 1 aromatic heterocycles. The van der Waals surface area contributed by atoms with Crippen molar-refractivity contribution in [3.05, 3.63) is 39.9 Å². The Morgan fingerprint density at radius 3 is 3.00 bits per heavy atom. The van der Waals surface area contributed by atoms with Crippen molar-refractivity contribution in [2.75, 3.05) is 5.32 Å². The number of anilines is 1. The maximum absolute atomic E-state index is 13.6. The van der Waals surface area contributed by atoms with E-state index >= 15 is 0 Å². The Bertz CT molecular complexity index is 568. The first-order valence-corrected chi connectivity index (χ1v) is 7.30. The minimum absolute atomic E-state index is 0.219. The van der Waals surface area contributed by atoms with Gasteiger partial charge in [-0.25, -0.2) is 9.37 Å². The van der Waals surface area contributed by atoms with Crippen molar-refractivity contribution < 1.29 is 4.39 Å². The molecule has 1 aliphatic rings. The van der Waals surface area contributed by atoms with Gasteiger partial charge in [0, 0.05) is 34.0 Å². The van der Waals surface area contributed by atoms with Gasteiger partial charge in [0.1, 0.15) is 11.6 Å². The molecular weight excluding hydrogens is 317 g/mol. The van der Waals surface area contributed by atoms with Gasteiger partial charge in [-0.3, -0.25) is 0 Å². The number of aromatic nitrogens is 2. The van der Waals surface area contributed by atoms with Crippen molar-refractivity contribution in [3.8, 4) is 0 Å².